The molecule has 2 amide bonds. The molecule has 0 radical (unpaired) electrons. The summed E-state index contributed by atoms with van der Waals surface area (Å²) >= 11 is 0. The number of benzene rings is 2. The number of carbonyl (C=O) groups is 3. The average Bonchev–Trinajstić information content (AvgIpc) is 2.71. The number of hydrogen-bond donors (Lipinski definition) is 3. The first kappa shape index (κ1) is 21.9. The summed E-state index contributed by atoms with van der Waals surface area (Å²) in [6.45, 7) is 1.37. The third kappa shape index (κ3) is 6.95. The van der Waals surface area contributed by atoms with Gasteiger partial charge >= 0.3 is 5.97 Å². The molecular formula is C22H26N2O5. The molecule has 2 aromatic rings. The van der Waals surface area contributed by atoms with Crippen molar-refractivity contribution in [3.8, 4) is 5.75 Å². The largest absolute Gasteiger partial charge is 0.496 e. The van der Waals surface area contributed by atoms with Crippen LogP contribution in [0.4, 0.5) is 0 Å². The molecule has 2 unspecified atom stereocenters. The van der Waals surface area contributed by atoms with E-state index in [-0.39, 0.29) is 31.2 Å². The summed E-state index contributed by atoms with van der Waals surface area (Å²) in [5.41, 5.74) is 1.57. The number of amides is 2. The van der Waals surface area contributed by atoms with E-state index in [0.29, 0.717) is 5.75 Å². The minimum atomic E-state index is -1.00. The first-order valence-corrected chi connectivity index (χ1v) is 9.34. The van der Waals surface area contributed by atoms with E-state index in [4.69, 9.17) is 4.74 Å². The highest BCUT2D eigenvalue weighted by molar-refractivity contribution is 5.80. The lowest BCUT2D eigenvalue weighted by molar-refractivity contribution is -0.141. The topological polar surface area (TPSA) is 105 Å². The maximum absolute atomic E-state index is 12.4. The number of methoxy groups -OCH3 is 1. The van der Waals surface area contributed by atoms with Crippen molar-refractivity contribution in [1.29, 1.82) is 0 Å². The Morgan fingerprint density at radius 3 is 2.31 bits per heavy atom. The van der Waals surface area contributed by atoms with Crippen LogP contribution in [0.25, 0.3) is 0 Å². The molecule has 2 atom stereocenters. The van der Waals surface area contributed by atoms with Gasteiger partial charge in [0.15, 0.2) is 0 Å². The summed E-state index contributed by atoms with van der Waals surface area (Å²) in [5.74, 6) is -1.77. The second-order valence-electron chi connectivity index (χ2n) is 6.72. The predicted molar refractivity (Wildman–Crippen MR) is 108 cm³/mol. The van der Waals surface area contributed by atoms with E-state index in [1.165, 1.54) is 14.0 Å². The van der Waals surface area contributed by atoms with E-state index in [9.17, 15) is 19.5 Å². The van der Waals surface area contributed by atoms with Gasteiger partial charge in [0.1, 0.15) is 5.75 Å². The van der Waals surface area contributed by atoms with Crippen molar-refractivity contribution in [2.75, 3.05) is 13.7 Å². The van der Waals surface area contributed by atoms with Crippen LogP contribution in [0.5, 0.6) is 5.75 Å². The Kier molecular flexibility index (Phi) is 8.21. The van der Waals surface area contributed by atoms with Gasteiger partial charge in [-0.25, -0.2) is 0 Å². The van der Waals surface area contributed by atoms with Crippen molar-refractivity contribution in [3.05, 3.63) is 65.7 Å². The van der Waals surface area contributed by atoms with Gasteiger partial charge in [-0.05, 0) is 23.6 Å². The van der Waals surface area contributed by atoms with E-state index in [1.807, 2.05) is 42.5 Å². The molecule has 0 saturated heterocycles. The van der Waals surface area contributed by atoms with E-state index < -0.39 is 17.9 Å². The van der Waals surface area contributed by atoms with Crippen LogP contribution in [0.3, 0.4) is 0 Å². The van der Waals surface area contributed by atoms with Gasteiger partial charge in [-0.3, -0.25) is 14.4 Å². The minimum absolute atomic E-state index is 0.0184. The fourth-order valence-electron chi connectivity index (χ4n) is 3.06. The standard InChI is InChI=1S/C22H26N2O5/c1-15(25)24-19(16-8-4-3-5-9-16)13-21(26)23-14-18(22(27)28)12-17-10-6-7-11-20(17)29-2/h3-11,18-19H,12-14H2,1-2H3,(H,23,26)(H,24,25)(H,27,28). The molecule has 0 bridgehead atoms. The first-order chi connectivity index (χ1) is 13.9. The Bertz CT molecular complexity index is 838. The summed E-state index contributed by atoms with van der Waals surface area (Å²) in [6.07, 6.45) is 0.248. The second-order valence-corrected chi connectivity index (χ2v) is 6.72. The smallest absolute Gasteiger partial charge is 0.308 e. The molecule has 154 valence electrons. The predicted octanol–water partition coefficient (Wildman–Crippen LogP) is 2.32. The molecule has 0 fully saturated rings. The molecule has 0 aromatic heterocycles. The Hall–Kier alpha value is -3.35. The van der Waals surface area contributed by atoms with E-state index in [1.54, 1.807) is 12.1 Å². The van der Waals surface area contributed by atoms with Crippen LogP contribution in [-0.4, -0.2) is 36.5 Å². The van der Waals surface area contributed by atoms with Gasteiger partial charge < -0.3 is 20.5 Å². The molecule has 0 spiro atoms. The SMILES string of the molecule is COc1ccccc1CC(CNC(=O)CC(NC(C)=O)c1ccccc1)C(=O)O. The number of carboxylic acid groups (broad SMARTS) is 1. The van der Waals surface area contributed by atoms with Crippen LogP contribution in [0, 0.1) is 5.92 Å². The van der Waals surface area contributed by atoms with Gasteiger partial charge in [0.2, 0.25) is 11.8 Å². The van der Waals surface area contributed by atoms with Crippen LogP contribution >= 0.6 is 0 Å². The number of rotatable bonds is 10. The number of hydrogen-bond acceptors (Lipinski definition) is 4. The van der Waals surface area contributed by atoms with Crippen LogP contribution in [-0.2, 0) is 20.8 Å². The third-order valence-electron chi connectivity index (χ3n) is 4.52. The zero-order chi connectivity index (χ0) is 21.2. The number of carbonyl (C=O) groups excluding carboxylic acids is 2. The van der Waals surface area contributed by atoms with Gasteiger partial charge in [0, 0.05) is 13.5 Å². The van der Waals surface area contributed by atoms with Crippen molar-refractivity contribution in [2.45, 2.75) is 25.8 Å². The summed E-state index contributed by atoms with van der Waals surface area (Å²) < 4.78 is 5.27. The van der Waals surface area contributed by atoms with Gasteiger partial charge in [-0.1, -0.05) is 48.5 Å². The lowest BCUT2D eigenvalue weighted by Gasteiger charge is -2.19. The molecule has 0 aliphatic carbocycles. The van der Waals surface area contributed by atoms with Gasteiger partial charge in [-0.2, -0.15) is 0 Å². The fraction of sp³-hybridized carbons (Fsp3) is 0.318. The second kappa shape index (κ2) is 10.8. The van der Waals surface area contributed by atoms with Crippen LogP contribution in [0.15, 0.2) is 54.6 Å². The highest BCUT2D eigenvalue weighted by atomic mass is 16.5. The molecule has 0 saturated carbocycles. The molecule has 2 aromatic carbocycles. The molecule has 2 rings (SSSR count). The van der Waals surface area contributed by atoms with Crippen molar-refractivity contribution in [2.24, 2.45) is 5.92 Å². The average molecular weight is 398 g/mol. The Labute approximate surface area is 170 Å². The molecule has 7 heteroatoms. The maximum atomic E-state index is 12.4. The van der Waals surface area contributed by atoms with Crippen molar-refractivity contribution in [1.82, 2.24) is 10.6 Å². The van der Waals surface area contributed by atoms with Gasteiger partial charge in [-0.15, -0.1) is 0 Å². The highest BCUT2D eigenvalue weighted by Crippen LogP contribution is 2.21. The van der Waals surface area contributed by atoms with Crippen LogP contribution in [0.1, 0.15) is 30.5 Å². The maximum Gasteiger partial charge on any atom is 0.308 e. The fourth-order valence-corrected chi connectivity index (χ4v) is 3.06. The number of aliphatic carboxylic acids is 1. The molecular weight excluding hydrogens is 372 g/mol. The van der Waals surface area contributed by atoms with Crippen molar-refractivity contribution in [3.63, 3.8) is 0 Å². The summed E-state index contributed by atoms with van der Waals surface area (Å²) in [7, 11) is 1.53. The van der Waals surface area contributed by atoms with Crippen LogP contribution < -0.4 is 15.4 Å². The summed E-state index contributed by atoms with van der Waals surface area (Å²) in [5, 5.41) is 15.0. The lowest BCUT2D eigenvalue weighted by Crippen LogP contribution is -2.37. The quantitative estimate of drug-likeness (QED) is 0.570. The molecule has 0 heterocycles. The number of para-hydroxylation sites is 1. The van der Waals surface area contributed by atoms with E-state index in [2.05, 4.69) is 10.6 Å². The zero-order valence-electron chi connectivity index (χ0n) is 16.6. The van der Waals surface area contributed by atoms with Gasteiger partial charge in [0.25, 0.3) is 0 Å². The lowest BCUT2D eigenvalue weighted by atomic mass is 9.98. The Morgan fingerprint density at radius 2 is 1.69 bits per heavy atom. The van der Waals surface area contributed by atoms with Gasteiger partial charge in [0.05, 0.1) is 25.5 Å². The minimum Gasteiger partial charge on any atom is -0.496 e. The Morgan fingerprint density at radius 1 is 1.03 bits per heavy atom. The normalized spacial score (nSPS) is 12.5. The molecule has 7 nitrogen and oxygen atoms in total. The Balaban J connectivity index is 2.00. The molecule has 0 aliphatic rings. The molecule has 3 N–H and O–H groups in total. The number of carboxylic acids is 1. The molecule has 29 heavy (non-hydrogen) atoms. The number of nitrogens with one attached hydrogen (secondary N) is 2. The monoisotopic (exact) mass is 398 g/mol. The summed E-state index contributed by atoms with van der Waals surface area (Å²) in [6, 6.07) is 15.9. The zero-order valence-corrected chi connectivity index (χ0v) is 16.6. The summed E-state index contributed by atoms with van der Waals surface area (Å²) in [4.78, 5) is 35.6. The van der Waals surface area contributed by atoms with E-state index in [0.717, 1.165) is 11.1 Å². The number of ether oxygens (including phenoxy) is 1. The van der Waals surface area contributed by atoms with Crippen molar-refractivity contribution < 1.29 is 24.2 Å². The highest BCUT2D eigenvalue weighted by Gasteiger charge is 2.22. The third-order valence-corrected chi connectivity index (χ3v) is 4.52. The van der Waals surface area contributed by atoms with Crippen molar-refractivity contribution >= 4 is 17.8 Å². The first-order valence-electron chi connectivity index (χ1n) is 9.34. The molecule has 0 aliphatic heterocycles. The van der Waals surface area contributed by atoms with Crippen LogP contribution in [0.2, 0.25) is 0 Å². The van der Waals surface area contributed by atoms with E-state index >= 15 is 0 Å².